The van der Waals surface area contributed by atoms with Crippen molar-refractivity contribution in [2.45, 2.75) is 0 Å². The Labute approximate surface area is 150 Å². The highest BCUT2D eigenvalue weighted by Crippen LogP contribution is 2.26. The molecular formula is C17H19N3O2S2. The average molecular weight is 361 g/mol. The van der Waals surface area contributed by atoms with Crippen LogP contribution in [0, 0.1) is 0 Å². The van der Waals surface area contributed by atoms with Gasteiger partial charge in [-0.3, -0.25) is 4.79 Å². The first-order chi connectivity index (χ1) is 11.7. The van der Waals surface area contributed by atoms with Gasteiger partial charge in [-0.15, -0.1) is 11.3 Å². The fourth-order valence-corrected chi connectivity index (χ4v) is 3.76. The van der Waals surface area contributed by atoms with Gasteiger partial charge >= 0.3 is 0 Å². The lowest BCUT2D eigenvalue weighted by Crippen LogP contribution is -2.49. The van der Waals surface area contributed by atoms with E-state index in [9.17, 15) is 4.79 Å². The van der Waals surface area contributed by atoms with Crippen molar-refractivity contribution in [2.75, 3.05) is 43.5 Å². The predicted octanol–water partition coefficient (Wildman–Crippen LogP) is 3.09. The molecule has 24 heavy (non-hydrogen) atoms. The molecule has 1 saturated heterocycles. The van der Waals surface area contributed by atoms with Crippen LogP contribution >= 0.6 is 23.6 Å². The van der Waals surface area contributed by atoms with E-state index in [0.717, 1.165) is 58.9 Å². The smallest absolute Gasteiger partial charge is 0.173 e. The largest absolute Gasteiger partial charge is 0.497 e. The molecule has 126 valence electrons. The number of rotatable bonds is 4. The number of nitrogens with one attached hydrogen (secondary N) is 1. The van der Waals surface area contributed by atoms with Gasteiger partial charge in [-0.05, 0) is 48.6 Å². The standard InChI is InChI=1S/C17H19N3O2S2/c1-22-14-4-2-13(3-5-14)18-17(23)20-10-8-19(9-11-20)16-7-6-15(12-21)24-16/h2-7,12H,8-11H2,1H3,(H,18,23). The normalized spacial score (nSPS) is 14.4. The van der Waals surface area contributed by atoms with E-state index in [2.05, 4.69) is 15.1 Å². The Bertz CT molecular complexity index is 707. The number of hydrogen-bond acceptors (Lipinski definition) is 5. The first-order valence-corrected chi connectivity index (χ1v) is 8.92. The van der Waals surface area contributed by atoms with Crippen LogP contribution in [0.5, 0.6) is 5.75 Å². The lowest BCUT2D eigenvalue weighted by molar-refractivity contribution is 0.112. The van der Waals surface area contributed by atoms with Crippen LogP contribution in [-0.2, 0) is 0 Å². The zero-order chi connectivity index (χ0) is 16.9. The summed E-state index contributed by atoms with van der Waals surface area (Å²) >= 11 is 7.05. The molecular weight excluding hydrogens is 342 g/mol. The first kappa shape index (κ1) is 16.7. The number of hydrogen-bond donors (Lipinski definition) is 1. The highest BCUT2D eigenvalue weighted by molar-refractivity contribution is 7.80. The minimum Gasteiger partial charge on any atom is -0.497 e. The molecule has 0 aliphatic carbocycles. The van der Waals surface area contributed by atoms with Gasteiger partial charge in [-0.2, -0.15) is 0 Å². The van der Waals surface area contributed by atoms with E-state index >= 15 is 0 Å². The van der Waals surface area contributed by atoms with E-state index in [1.165, 1.54) is 11.3 Å². The fraction of sp³-hybridized carbons (Fsp3) is 0.294. The number of anilines is 2. The van der Waals surface area contributed by atoms with Crippen molar-refractivity contribution in [3.63, 3.8) is 0 Å². The molecule has 1 aromatic carbocycles. The van der Waals surface area contributed by atoms with Crippen LogP contribution in [0.2, 0.25) is 0 Å². The molecule has 1 fully saturated rings. The number of methoxy groups -OCH3 is 1. The molecule has 1 aromatic heterocycles. The second-order valence-electron chi connectivity index (χ2n) is 5.43. The van der Waals surface area contributed by atoms with Crippen molar-refractivity contribution in [2.24, 2.45) is 0 Å². The second kappa shape index (κ2) is 7.63. The monoisotopic (exact) mass is 361 g/mol. The zero-order valence-corrected chi connectivity index (χ0v) is 15.0. The second-order valence-corrected chi connectivity index (χ2v) is 6.91. The number of carbonyl (C=O) groups excluding carboxylic acids is 1. The van der Waals surface area contributed by atoms with Gasteiger partial charge in [0.05, 0.1) is 17.0 Å². The molecule has 0 saturated carbocycles. The third-order valence-corrected chi connectivity index (χ3v) is 5.38. The molecule has 1 aliphatic rings. The summed E-state index contributed by atoms with van der Waals surface area (Å²) in [6.07, 6.45) is 0.901. The highest BCUT2D eigenvalue weighted by Gasteiger charge is 2.20. The van der Waals surface area contributed by atoms with Gasteiger partial charge in [0.2, 0.25) is 0 Å². The Balaban J connectivity index is 1.53. The molecule has 5 nitrogen and oxygen atoms in total. The Morgan fingerprint density at radius 2 is 1.88 bits per heavy atom. The van der Waals surface area contributed by atoms with E-state index in [4.69, 9.17) is 17.0 Å². The van der Waals surface area contributed by atoms with Crippen molar-refractivity contribution >= 4 is 45.6 Å². The lowest BCUT2D eigenvalue weighted by Gasteiger charge is -2.36. The van der Waals surface area contributed by atoms with E-state index in [1.54, 1.807) is 7.11 Å². The highest BCUT2D eigenvalue weighted by atomic mass is 32.1. The summed E-state index contributed by atoms with van der Waals surface area (Å²) in [7, 11) is 1.65. The molecule has 3 rings (SSSR count). The van der Waals surface area contributed by atoms with Gasteiger partial charge in [-0.25, -0.2) is 0 Å². The van der Waals surface area contributed by atoms with Gasteiger partial charge in [-0.1, -0.05) is 0 Å². The molecule has 7 heteroatoms. The van der Waals surface area contributed by atoms with Crippen LogP contribution in [0.25, 0.3) is 0 Å². The van der Waals surface area contributed by atoms with Gasteiger partial charge in [0, 0.05) is 31.9 Å². The van der Waals surface area contributed by atoms with Crippen molar-refractivity contribution < 1.29 is 9.53 Å². The molecule has 0 bridgehead atoms. The van der Waals surface area contributed by atoms with Gasteiger partial charge in [0.1, 0.15) is 5.75 Å². The van der Waals surface area contributed by atoms with Crippen LogP contribution < -0.4 is 15.0 Å². The summed E-state index contributed by atoms with van der Waals surface area (Å²) in [5.74, 6) is 0.825. The quantitative estimate of drug-likeness (QED) is 0.667. The van der Waals surface area contributed by atoms with Crippen molar-refractivity contribution in [1.29, 1.82) is 0 Å². The summed E-state index contributed by atoms with van der Waals surface area (Å²) in [6, 6.07) is 11.6. The number of ether oxygens (including phenoxy) is 1. The zero-order valence-electron chi connectivity index (χ0n) is 13.4. The fourth-order valence-electron chi connectivity index (χ4n) is 2.58. The molecule has 0 spiro atoms. The summed E-state index contributed by atoms with van der Waals surface area (Å²) in [4.78, 5) is 16.0. The van der Waals surface area contributed by atoms with Crippen LogP contribution in [0.15, 0.2) is 36.4 Å². The Kier molecular flexibility index (Phi) is 5.32. The maximum absolute atomic E-state index is 10.8. The molecule has 1 aliphatic heterocycles. The van der Waals surface area contributed by atoms with E-state index in [0.29, 0.717) is 0 Å². The molecule has 1 N–H and O–H groups in total. The van der Waals surface area contributed by atoms with Gasteiger partial charge in [0.15, 0.2) is 11.4 Å². The third-order valence-electron chi connectivity index (χ3n) is 3.95. The maximum atomic E-state index is 10.8. The maximum Gasteiger partial charge on any atom is 0.173 e. The van der Waals surface area contributed by atoms with Crippen LogP contribution in [0.3, 0.4) is 0 Å². The Hall–Kier alpha value is -2.12. The number of nitrogens with zero attached hydrogens (tertiary/aromatic N) is 2. The molecule has 2 heterocycles. The first-order valence-electron chi connectivity index (χ1n) is 7.69. The third kappa shape index (κ3) is 3.85. The van der Waals surface area contributed by atoms with Gasteiger partial charge < -0.3 is 19.9 Å². The van der Waals surface area contributed by atoms with E-state index in [1.807, 2.05) is 36.4 Å². The molecule has 0 amide bonds. The van der Waals surface area contributed by atoms with Crippen LogP contribution in [0.4, 0.5) is 10.7 Å². The Morgan fingerprint density at radius 3 is 2.46 bits per heavy atom. The minimum atomic E-state index is 0.736. The number of thiophene rings is 1. The summed E-state index contributed by atoms with van der Waals surface area (Å²) in [5.41, 5.74) is 0.956. The molecule has 0 unspecified atom stereocenters. The van der Waals surface area contributed by atoms with Crippen molar-refractivity contribution in [3.05, 3.63) is 41.3 Å². The molecule has 0 atom stereocenters. The topological polar surface area (TPSA) is 44.8 Å². The number of aldehydes is 1. The van der Waals surface area contributed by atoms with Gasteiger partial charge in [0.25, 0.3) is 0 Å². The van der Waals surface area contributed by atoms with E-state index < -0.39 is 0 Å². The predicted molar refractivity (Wildman–Crippen MR) is 103 cm³/mol. The van der Waals surface area contributed by atoms with Crippen LogP contribution in [-0.4, -0.2) is 49.6 Å². The number of benzene rings is 1. The summed E-state index contributed by atoms with van der Waals surface area (Å²) in [6.45, 7) is 3.50. The minimum absolute atomic E-state index is 0.736. The SMILES string of the molecule is COc1ccc(NC(=S)N2CCN(c3ccc(C=O)s3)CC2)cc1. The van der Waals surface area contributed by atoms with Crippen molar-refractivity contribution in [3.8, 4) is 5.75 Å². The summed E-state index contributed by atoms with van der Waals surface area (Å²) in [5, 5.41) is 5.15. The number of carbonyl (C=O) groups is 1. The molecule has 0 radical (unpaired) electrons. The summed E-state index contributed by atoms with van der Waals surface area (Å²) < 4.78 is 5.16. The average Bonchev–Trinajstić information content (AvgIpc) is 3.11. The lowest BCUT2D eigenvalue weighted by atomic mass is 10.3. The Morgan fingerprint density at radius 1 is 1.17 bits per heavy atom. The van der Waals surface area contributed by atoms with Crippen molar-refractivity contribution in [1.82, 2.24) is 4.90 Å². The van der Waals surface area contributed by atoms with E-state index in [-0.39, 0.29) is 0 Å². The number of piperazine rings is 1. The molecule has 2 aromatic rings. The van der Waals surface area contributed by atoms with Crippen LogP contribution in [0.1, 0.15) is 9.67 Å². The number of thiocarbonyl (C=S) groups is 1.